The minimum Gasteiger partial charge on any atom is -0.452 e. The van der Waals surface area contributed by atoms with Gasteiger partial charge >= 0.3 is 0 Å². The minimum absolute atomic E-state index is 0.254. The number of carbonyl (C=O) groups excluding carboxylic acids is 1. The fourth-order valence-corrected chi connectivity index (χ4v) is 2.63. The van der Waals surface area contributed by atoms with E-state index in [2.05, 4.69) is 31.9 Å². The lowest BCUT2D eigenvalue weighted by molar-refractivity contribution is 0.0983. The number of ketones is 1. The fraction of sp³-hybridized carbons (Fsp3) is 0.0714. The molecule has 0 aliphatic heterocycles. The van der Waals surface area contributed by atoms with Crippen LogP contribution < -0.4 is 0 Å². The Hall–Kier alpha value is -1.33. The standard InChI is InChI=1S/C14H8Br2O3/c1-7-9-6-8(15)2-3-10(9)19-14(7)13(17)11-4-5-12(16)18-11/h2-6H,1H3. The number of hydrogen-bond donors (Lipinski definition) is 0. The molecular weight excluding hydrogens is 376 g/mol. The van der Waals surface area contributed by atoms with Crippen molar-refractivity contribution in [3.8, 4) is 0 Å². The Morgan fingerprint density at radius 2 is 1.89 bits per heavy atom. The molecule has 0 saturated carbocycles. The zero-order valence-corrected chi connectivity index (χ0v) is 13.0. The first-order chi connectivity index (χ1) is 9.06. The van der Waals surface area contributed by atoms with E-state index >= 15 is 0 Å². The molecule has 0 fully saturated rings. The van der Waals surface area contributed by atoms with Crippen LogP contribution in [-0.2, 0) is 0 Å². The van der Waals surface area contributed by atoms with Crippen molar-refractivity contribution in [2.75, 3.05) is 0 Å². The summed E-state index contributed by atoms with van der Waals surface area (Å²) in [6.07, 6.45) is 0. The highest BCUT2D eigenvalue weighted by Crippen LogP contribution is 2.30. The monoisotopic (exact) mass is 382 g/mol. The molecule has 19 heavy (non-hydrogen) atoms. The van der Waals surface area contributed by atoms with Gasteiger partial charge in [-0.25, -0.2) is 0 Å². The number of benzene rings is 1. The van der Waals surface area contributed by atoms with Crippen LogP contribution in [0.1, 0.15) is 21.9 Å². The summed E-state index contributed by atoms with van der Waals surface area (Å²) in [6.45, 7) is 1.86. The first-order valence-corrected chi connectivity index (χ1v) is 7.13. The van der Waals surface area contributed by atoms with Gasteiger partial charge in [0.05, 0.1) is 0 Å². The molecule has 96 valence electrons. The molecule has 3 rings (SSSR count). The minimum atomic E-state index is -0.254. The van der Waals surface area contributed by atoms with E-state index in [9.17, 15) is 4.79 Å². The summed E-state index contributed by atoms with van der Waals surface area (Å²) in [5.74, 6) is 0.318. The second-order valence-corrected chi connectivity index (χ2v) is 5.83. The summed E-state index contributed by atoms with van der Waals surface area (Å²) in [7, 11) is 0. The second kappa shape index (κ2) is 4.65. The van der Waals surface area contributed by atoms with Gasteiger partial charge in [0.15, 0.2) is 16.2 Å². The van der Waals surface area contributed by atoms with Gasteiger partial charge < -0.3 is 8.83 Å². The van der Waals surface area contributed by atoms with Crippen molar-refractivity contribution in [3.63, 3.8) is 0 Å². The van der Waals surface area contributed by atoms with Crippen LogP contribution in [0.4, 0.5) is 0 Å². The molecule has 0 spiro atoms. The predicted octanol–water partition coefficient (Wildman–Crippen LogP) is 5.09. The van der Waals surface area contributed by atoms with Crippen LogP contribution in [0.5, 0.6) is 0 Å². The third-order valence-electron chi connectivity index (χ3n) is 2.90. The highest BCUT2D eigenvalue weighted by atomic mass is 79.9. The summed E-state index contributed by atoms with van der Waals surface area (Å²) in [5.41, 5.74) is 1.50. The summed E-state index contributed by atoms with van der Waals surface area (Å²) < 4.78 is 12.4. The zero-order valence-electron chi connectivity index (χ0n) is 9.87. The molecule has 1 aromatic carbocycles. The summed E-state index contributed by atoms with van der Waals surface area (Å²) in [4.78, 5) is 12.3. The molecule has 0 radical (unpaired) electrons. The number of carbonyl (C=O) groups is 1. The molecule has 0 unspecified atom stereocenters. The fourth-order valence-electron chi connectivity index (χ4n) is 1.96. The molecule has 0 N–H and O–H groups in total. The van der Waals surface area contributed by atoms with Gasteiger partial charge in [0.2, 0.25) is 0 Å². The Morgan fingerprint density at radius 3 is 2.58 bits per heavy atom. The maximum Gasteiger partial charge on any atom is 0.263 e. The van der Waals surface area contributed by atoms with Crippen LogP contribution in [0.3, 0.4) is 0 Å². The topological polar surface area (TPSA) is 43.4 Å². The van der Waals surface area contributed by atoms with Gasteiger partial charge in [0, 0.05) is 15.4 Å². The van der Waals surface area contributed by atoms with Crippen LogP contribution in [0.2, 0.25) is 0 Å². The van der Waals surface area contributed by atoms with Gasteiger partial charge in [-0.2, -0.15) is 0 Å². The highest BCUT2D eigenvalue weighted by Gasteiger charge is 2.21. The first kappa shape index (κ1) is 12.7. The van der Waals surface area contributed by atoms with Gasteiger partial charge in [0.25, 0.3) is 5.78 Å². The maximum absolute atomic E-state index is 12.3. The van der Waals surface area contributed by atoms with E-state index in [1.165, 1.54) is 0 Å². The largest absolute Gasteiger partial charge is 0.452 e. The predicted molar refractivity (Wildman–Crippen MR) is 78.5 cm³/mol. The normalized spacial score (nSPS) is 11.1. The van der Waals surface area contributed by atoms with Gasteiger partial charge in [0.1, 0.15) is 5.58 Å². The van der Waals surface area contributed by atoms with Crippen molar-refractivity contribution in [1.82, 2.24) is 0 Å². The Balaban J connectivity index is 2.15. The first-order valence-electron chi connectivity index (χ1n) is 5.55. The SMILES string of the molecule is Cc1c(C(=O)c2ccc(Br)o2)oc2ccc(Br)cc12. The van der Waals surface area contributed by atoms with Crippen molar-refractivity contribution in [2.24, 2.45) is 0 Å². The molecule has 2 heterocycles. The van der Waals surface area contributed by atoms with E-state index in [0.29, 0.717) is 16.0 Å². The Kier molecular flexibility index (Phi) is 3.11. The van der Waals surface area contributed by atoms with Crippen LogP contribution in [0.15, 0.2) is 48.3 Å². The van der Waals surface area contributed by atoms with Gasteiger partial charge in [-0.05, 0) is 53.2 Å². The van der Waals surface area contributed by atoms with Crippen molar-refractivity contribution < 1.29 is 13.6 Å². The lowest BCUT2D eigenvalue weighted by atomic mass is 10.1. The van der Waals surface area contributed by atoms with E-state index in [1.807, 2.05) is 25.1 Å². The molecular formula is C14H8Br2O3. The number of halogens is 2. The third kappa shape index (κ3) is 2.17. The van der Waals surface area contributed by atoms with Gasteiger partial charge in [-0.1, -0.05) is 15.9 Å². The number of hydrogen-bond acceptors (Lipinski definition) is 3. The van der Waals surface area contributed by atoms with Gasteiger partial charge in [-0.15, -0.1) is 0 Å². The smallest absolute Gasteiger partial charge is 0.263 e. The van der Waals surface area contributed by atoms with Crippen molar-refractivity contribution >= 4 is 48.6 Å². The van der Waals surface area contributed by atoms with E-state index < -0.39 is 0 Å². The highest BCUT2D eigenvalue weighted by molar-refractivity contribution is 9.10. The number of aryl methyl sites for hydroxylation is 1. The Labute approximate surface area is 125 Å². The van der Waals surface area contributed by atoms with Crippen LogP contribution in [0, 0.1) is 6.92 Å². The molecule has 3 aromatic rings. The Bertz CT molecular complexity index is 783. The number of rotatable bonds is 2. The molecule has 0 aliphatic rings. The average molecular weight is 384 g/mol. The molecule has 0 amide bonds. The van der Waals surface area contributed by atoms with Crippen molar-refractivity contribution in [1.29, 1.82) is 0 Å². The van der Waals surface area contributed by atoms with E-state index in [-0.39, 0.29) is 11.5 Å². The zero-order chi connectivity index (χ0) is 13.6. The van der Waals surface area contributed by atoms with E-state index in [0.717, 1.165) is 15.4 Å². The van der Waals surface area contributed by atoms with Crippen LogP contribution in [-0.4, -0.2) is 5.78 Å². The third-order valence-corrected chi connectivity index (χ3v) is 3.82. The lowest BCUT2D eigenvalue weighted by Gasteiger charge is -1.94. The Morgan fingerprint density at radius 1 is 1.11 bits per heavy atom. The maximum atomic E-state index is 12.3. The van der Waals surface area contributed by atoms with E-state index in [1.54, 1.807) is 12.1 Å². The summed E-state index contributed by atoms with van der Waals surface area (Å²) >= 11 is 6.59. The molecule has 2 aromatic heterocycles. The molecule has 0 atom stereocenters. The average Bonchev–Trinajstić information content (AvgIpc) is 2.94. The lowest BCUT2D eigenvalue weighted by Crippen LogP contribution is -1.99. The quantitative estimate of drug-likeness (QED) is 0.579. The van der Waals surface area contributed by atoms with Crippen LogP contribution in [0.25, 0.3) is 11.0 Å². The second-order valence-electron chi connectivity index (χ2n) is 4.13. The summed E-state index contributed by atoms with van der Waals surface area (Å²) in [5, 5.41) is 0.920. The molecule has 0 bridgehead atoms. The van der Waals surface area contributed by atoms with Crippen molar-refractivity contribution in [2.45, 2.75) is 6.92 Å². The summed E-state index contributed by atoms with van der Waals surface area (Å²) in [6, 6.07) is 8.95. The van der Waals surface area contributed by atoms with Gasteiger partial charge in [-0.3, -0.25) is 4.79 Å². The number of fused-ring (bicyclic) bond motifs is 1. The molecule has 3 nitrogen and oxygen atoms in total. The molecule has 0 saturated heterocycles. The number of furan rings is 2. The van der Waals surface area contributed by atoms with Crippen molar-refractivity contribution in [3.05, 3.63) is 56.6 Å². The molecule has 5 heteroatoms. The van der Waals surface area contributed by atoms with E-state index in [4.69, 9.17) is 8.83 Å². The molecule has 0 aliphatic carbocycles. The van der Waals surface area contributed by atoms with Crippen LogP contribution >= 0.6 is 31.9 Å².